The molecule has 0 N–H and O–H groups in total. The molecule has 114 valence electrons. The number of likely N-dealkylation sites (N-methyl/N-ethyl adjacent to an activating group) is 1. The first-order valence-electron chi connectivity index (χ1n) is 6.96. The van der Waals surface area contributed by atoms with E-state index in [2.05, 4.69) is 16.7 Å². The first-order valence-corrected chi connectivity index (χ1v) is 7.50. The fourth-order valence-electron chi connectivity index (χ4n) is 2.05. The average Bonchev–Trinajstić information content (AvgIpc) is 2.47. The molecule has 0 aliphatic carbocycles. The summed E-state index contributed by atoms with van der Waals surface area (Å²) in [5.74, 6) is 6.13. The van der Waals surface area contributed by atoms with Gasteiger partial charge in [0.15, 0.2) is 0 Å². The number of ether oxygens (including phenoxy) is 2. The molecule has 1 fully saturated rings. The Labute approximate surface area is 130 Å². The Morgan fingerprint density at radius 1 is 1.52 bits per heavy atom. The van der Waals surface area contributed by atoms with Crippen LogP contribution in [0.4, 0.5) is 4.39 Å². The second-order valence-corrected chi connectivity index (χ2v) is 5.33. The molecule has 1 heterocycles. The zero-order valence-corrected chi connectivity index (χ0v) is 12.8. The van der Waals surface area contributed by atoms with Gasteiger partial charge in [-0.3, -0.25) is 0 Å². The van der Waals surface area contributed by atoms with E-state index in [1.165, 1.54) is 6.07 Å². The molecule has 0 amide bonds. The van der Waals surface area contributed by atoms with Crippen molar-refractivity contribution in [2.45, 2.75) is 12.5 Å². The van der Waals surface area contributed by atoms with Crippen LogP contribution in [0.2, 0.25) is 0 Å². The van der Waals surface area contributed by atoms with Gasteiger partial charge in [0.05, 0.1) is 12.2 Å². The van der Waals surface area contributed by atoms with Crippen molar-refractivity contribution in [3.63, 3.8) is 0 Å². The minimum absolute atomic E-state index is 0.0231. The van der Waals surface area contributed by atoms with E-state index in [0.717, 1.165) is 13.1 Å². The fourth-order valence-corrected chi connectivity index (χ4v) is 2.14. The molecule has 0 radical (unpaired) electrons. The first kappa shape index (κ1) is 16.1. The normalized spacial score (nSPS) is 18.9. The number of alkyl halides is 1. The maximum Gasteiger partial charge on any atom is 0.142 e. The van der Waals surface area contributed by atoms with Gasteiger partial charge in [0.1, 0.15) is 24.3 Å². The summed E-state index contributed by atoms with van der Waals surface area (Å²) in [6.07, 6.45) is 0.571. The van der Waals surface area contributed by atoms with Crippen molar-refractivity contribution in [1.29, 1.82) is 0 Å². The molecule has 1 aliphatic heterocycles. The molecule has 0 spiro atoms. The second kappa shape index (κ2) is 8.23. The Morgan fingerprint density at radius 2 is 2.38 bits per heavy atom. The largest absolute Gasteiger partial charge is 0.491 e. The van der Waals surface area contributed by atoms with E-state index < -0.39 is 0 Å². The van der Waals surface area contributed by atoms with E-state index >= 15 is 0 Å². The van der Waals surface area contributed by atoms with Gasteiger partial charge in [0.25, 0.3) is 0 Å². The lowest BCUT2D eigenvalue weighted by molar-refractivity contribution is -0.0403. The van der Waals surface area contributed by atoms with Crippen LogP contribution in [0.15, 0.2) is 18.2 Å². The molecule has 1 aromatic carbocycles. The Balaban J connectivity index is 1.90. The van der Waals surface area contributed by atoms with Gasteiger partial charge in [0.2, 0.25) is 0 Å². The van der Waals surface area contributed by atoms with Crippen molar-refractivity contribution in [3.05, 3.63) is 29.6 Å². The molecule has 1 unspecified atom stereocenters. The van der Waals surface area contributed by atoms with E-state index in [1.54, 1.807) is 12.1 Å². The summed E-state index contributed by atoms with van der Waals surface area (Å²) in [5.41, 5.74) is 0.362. The number of hydrogen-bond donors (Lipinski definition) is 0. The van der Waals surface area contributed by atoms with Crippen LogP contribution in [0.25, 0.3) is 0 Å². The number of benzene rings is 1. The number of halogens is 2. The fraction of sp³-hybridized carbons (Fsp3) is 0.500. The summed E-state index contributed by atoms with van der Waals surface area (Å²) in [6, 6.07) is 4.71. The monoisotopic (exact) mass is 311 g/mol. The van der Waals surface area contributed by atoms with Gasteiger partial charge in [-0.05, 0) is 19.2 Å². The third-order valence-corrected chi connectivity index (χ3v) is 3.35. The lowest BCUT2D eigenvalue weighted by atomic mass is 10.2. The molecule has 5 heteroatoms. The highest BCUT2D eigenvalue weighted by Gasteiger charge is 2.18. The highest BCUT2D eigenvalue weighted by molar-refractivity contribution is 6.18. The molecule has 0 saturated carbocycles. The lowest BCUT2D eigenvalue weighted by Gasteiger charge is -2.29. The Hall–Kier alpha value is -1.28. The van der Waals surface area contributed by atoms with Crippen LogP contribution in [0.1, 0.15) is 12.0 Å². The van der Waals surface area contributed by atoms with Gasteiger partial charge in [-0.1, -0.05) is 11.8 Å². The quantitative estimate of drug-likeness (QED) is 0.630. The minimum Gasteiger partial charge on any atom is -0.491 e. The van der Waals surface area contributed by atoms with Crippen LogP contribution in [0, 0.1) is 17.7 Å². The summed E-state index contributed by atoms with van der Waals surface area (Å²) in [4.78, 5) is 2.19. The first-order chi connectivity index (χ1) is 10.2. The van der Waals surface area contributed by atoms with Crippen molar-refractivity contribution in [2.24, 2.45) is 0 Å². The molecule has 3 nitrogen and oxygen atoms in total. The summed E-state index contributed by atoms with van der Waals surface area (Å²) in [7, 11) is 2.05. The predicted molar refractivity (Wildman–Crippen MR) is 81.3 cm³/mol. The van der Waals surface area contributed by atoms with Gasteiger partial charge in [-0.2, -0.15) is 0 Å². The molecule has 1 aliphatic rings. The summed E-state index contributed by atoms with van der Waals surface area (Å²) in [6.45, 7) is 2.88. The molecule has 21 heavy (non-hydrogen) atoms. The van der Waals surface area contributed by atoms with Gasteiger partial charge in [-0.25, -0.2) is 4.39 Å². The lowest BCUT2D eigenvalue weighted by Crippen LogP contribution is -2.42. The van der Waals surface area contributed by atoms with Gasteiger partial charge < -0.3 is 14.4 Å². The van der Waals surface area contributed by atoms with E-state index in [1.807, 2.05) is 7.05 Å². The molecular weight excluding hydrogens is 293 g/mol. The van der Waals surface area contributed by atoms with Crippen LogP contribution in [0.3, 0.4) is 0 Å². The third kappa shape index (κ3) is 5.20. The van der Waals surface area contributed by atoms with Crippen LogP contribution < -0.4 is 4.74 Å². The van der Waals surface area contributed by atoms with E-state index in [4.69, 9.17) is 21.1 Å². The maximum absolute atomic E-state index is 13.9. The zero-order chi connectivity index (χ0) is 15.1. The Kier molecular flexibility index (Phi) is 6.31. The summed E-state index contributed by atoms with van der Waals surface area (Å²) >= 11 is 5.53. The van der Waals surface area contributed by atoms with Crippen LogP contribution in [0.5, 0.6) is 5.75 Å². The standard InChI is InChI=1S/C16H19ClFNO2/c1-19-8-9-20-15(11-19)12-21-14-6-5-13(16(18)10-14)4-2-3-7-17/h5-6,10,15H,3,7-9,11-12H2,1H3. The molecule has 0 bridgehead atoms. The van der Waals surface area contributed by atoms with Gasteiger partial charge >= 0.3 is 0 Å². The number of nitrogens with zero attached hydrogens (tertiary/aromatic N) is 1. The minimum atomic E-state index is -0.378. The summed E-state index contributed by atoms with van der Waals surface area (Å²) in [5, 5.41) is 0. The van der Waals surface area contributed by atoms with Crippen molar-refractivity contribution in [2.75, 3.05) is 39.2 Å². The Morgan fingerprint density at radius 3 is 3.10 bits per heavy atom. The van der Waals surface area contributed by atoms with Crippen molar-refractivity contribution in [3.8, 4) is 17.6 Å². The predicted octanol–water partition coefficient (Wildman–Crippen LogP) is 2.52. The maximum atomic E-state index is 13.9. The van der Waals surface area contributed by atoms with Gasteiger partial charge in [0, 0.05) is 31.5 Å². The van der Waals surface area contributed by atoms with E-state index in [0.29, 0.717) is 36.8 Å². The Bertz CT molecular complexity index is 527. The van der Waals surface area contributed by atoms with Crippen LogP contribution in [-0.2, 0) is 4.74 Å². The highest BCUT2D eigenvalue weighted by Crippen LogP contribution is 2.17. The SMILES string of the molecule is CN1CCOC(COc2ccc(C#CCCCl)c(F)c2)C1. The number of morpholine rings is 1. The van der Waals surface area contributed by atoms with Crippen LogP contribution in [-0.4, -0.2) is 50.2 Å². The average molecular weight is 312 g/mol. The van der Waals surface area contributed by atoms with E-state index in [9.17, 15) is 4.39 Å². The highest BCUT2D eigenvalue weighted by atomic mass is 35.5. The second-order valence-electron chi connectivity index (χ2n) is 4.95. The molecule has 0 aromatic heterocycles. The summed E-state index contributed by atoms with van der Waals surface area (Å²) < 4.78 is 25.0. The smallest absolute Gasteiger partial charge is 0.142 e. The molecule has 1 saturated heterocycles. The topological polar surface area (TPSA) is 21.7 Å². The van der Waals surface area contributed by atoms with Crippen LogP contribution >= 0.6 is 11.6 Å². The van der Waals surface area contributed by atoms with Crippen molar-refractivity contribution in [1.82, 2.24) is 4.90 Å². The van der Waals surface area contributed by atoms with Crippen molar-refractivity contribution < 1.29 is 13.9 Å². The molecule has 1 atom stereocenters. The van der Waals surface area contributed by atoms with Gasteiger partial charge in [-0.15, -0.1) is 11.6 Å². The molecule has 2 rings (SSSR count). The van der Waals surface area contributed by atoms with Crippen molar-refractivity contribution >= 4 is 11.6 Å². The van der Waals surface area contributed by atoms with E-state index in [-0.39, 0.29) is 11.9 Å². The number of rotatable bonds is 4. The zero-order valence-electron chi connectivity index (χ0n) is 12.1. The molecular formula is C16H19ClFNO2. The molecule has 1 aromatic rings. The number of hydrogen-bond acceptors (Lipinski definition) is 3. The third-order valence-electron chi connectivity index (χ3n) is 3.16.